The van der Waals surface area contributed by atoms with Gasteiger partial charge in [0, 0.05) is 12.4 Å². The Labute approximate surface area is 119 Å². The Morgan fingerprint density at radius 3 is 1.62 bits per heavy atom. The van der Waals surface area contributed by atoms with Crippen LogP contribution in [0.15, 0.2) is 21.7 Å². The van der Waals surface area contributed by atoms with Gasteiger partial charge in [-0.05, 0) is 41.1 Å². The third-order valence-corrected chi connectivity index (χ3v) is 2.64. The van der Waals surface area contributed by atoms with E-state index in [1.54, 1.807) is 26.0 Å². The summed E-state index contributed by atoms with van der Waals surface area (Å²) in [6.07, 6.45) is 6.96. The third-order valence-electron chi connectivity index (χ3n) is 2.64. The third kappa shape index (κ3) is 3.22. The zero-order valence-corrected chi connectivity index (χ0v) is 11.8. The summed E-state index contributed by atoms with van der Waals surface area (Å²) in [5, 5.41) is 14.9. The van der Waals surface area contributed by atoms with Crippen molar-refractivity contribution < 1.29 is 0 Å². The standard InChI is InChI=1S/C11H16N8O2/c1-3-6-16-10(20)18(14-12-16)8-5-9-19-11(21)17(7-4-2)13-15-19/h3-4,6-7H,5,8-9H2,1-2H3/b6-3+,7-4+. The number of hydrogen-bond acceptors (Lipinski definition) is 6. The predicted octanol–water partition coefficient (Wildman–Crippen LogP) is -0.735. The molecule has 0 fully saturated rings. The SMILES string of the molecule is C/C=C/n1nnn(CCCn2nnn(/C=C/C)c2=O)c1=O. The normalized spacial score (nSPS) is 11.9. The van der Waals surface area contributed by atoms with E-state index < -0.39 is 0 Å². The fraction of sp³-hybridized carbons (Fsp3) is 0.455. The summed E-state index contributed by atoms with van der Waals surface area (Å²) in [5.41, 5.74) is -0.643. The van der Waals surface area contributed by atoms with E-state index in [-0.39, 0.29) is 11.4 Å². The van der Waals surface area contributed by atoms with Crippen LogP contribution in [0.4, 0.5) is 0 Å². The van der Waals surface area contributed by atoms with Crippen LogP contribution in [0.2, 0.25) is 0 Å². The van der Waals surface area contributed by atoms with Gasteiger partial charge in [-0.2, -0.15) is 18.7 Å². The molecule has 0 aromatic carbocycles. The molecular formula is C11H16N8O2. The second kappa shape index (κ2) is 6.59. The highest BCUT2D eigenvalue weighted by molar-refractivity contribution is 5.16. The molecule has 0 atom stereocenters. The molecule has 2 rings (SSSR count). The van der Waals surface area contributed by atoms with Gasteiger partial charge in [-0.25, -0.2) is 9.59 Å². The topological polar surface area (TPSA) is 105 Å². The molecule has 10 heteroatoms. The highest BCUT2D eigenvalue weighted by Gasteiger charge is 2.07. The molecule has 0 unspecified atom stereocenters. The highest BCUT2D eigenvalue weighted by Crippen LogP contribution is 1.88. The Kier molecular flexibility index (Phi) is 4.59. The van der Waals surface area contributed by atoms with Crippen LogP contribution in [0, 0.1) is 0 Å². The van der Waals surface area contributed by atoms with Gasteiger partial charge in [-0.3, -0.25) is 0 Å². The van der Waals surface area contributed by atoms with Crippen LogP contribution in [-0.4, -0.2) is 39.6 Å². The Bertz CT molecular complexity index is 696. The summed E-state index contributed by atoms with van der Waals surface area (Å²) < 4.78 is 4.77. The van der Waals surface area contributed by atoms with Gasteiger partial charge in [0.2, 0.25) is 0 Å². The largest absolute Gasteiger partial charge is 0.367 e. The lowest BCUT2D eigenvalue weighted by atomic mass is 10.4. The van der Waals surface area contributed by atoms with Crippen LogP contribution < -0.4 is 11.4 Å². The highest BCUT2D eigenvalue weighted by atomic mass is 16.2. The van der Waals surface area contributed by atoms with Crippen molar-refractivity contribution in [2.45, 2.75) is 33.4 Å². The second-order valence-electron chi connectivity index (χ2n) is 4.18. The molecular weight excluding hydrogens is 276 g/mol. The van der Waals surface area contributed by atoms with Crippen molar-refractivity contribution in [2.24, 2.45) is 0 Å². The first-order valence-corrected chi connectivity index (χ1v) is 6.47. The fourth-order valence-electron chi connectivity index (χ4n) is 1.69. The van der Waals surface area contributed by atoms with Crippen molar-refractivity contribution in [1.82, 2.24) is 39.6 Å². The van der Waals surface area contributed by atoms with Crippen molar-refractivity contribution in [2.75, 3.05) is 0 Å². The smallest absolute Gasteiger partial charge is 0.244 e. The van der Waals surface area contributed by atoms with E-state index in [0.717, 1.165) is 9.36 Å². The van der Waals surface area contributed by atoms with E-state index in [4.69, 9.17) is 0 Å². The minimum atomic E-state index is -0.321. The number of tetrazole rings is 2. The predicted molar refractivity (Wildman–Crippen MR) is 75.2 cm³/mol. The first-order chi connectivity index (χ1) is 10.2. The second-order valence-corrected chi connectivity index (χ2v) is 4.18. The van der Waals surface area contributed by atoms with Crippen molar-refractivity contribution >= 4 is 12.4 Å². The molecule has 2 heterocycles. The molecule has 0 N–H and O–H groups in total. The molecule has 112 valence electrons. The molecule has 0 radical (unpaired) electrons. The molecule has 0 saturated heterocycles. The van der Waals surface area contributed by atoms with Gasteiger partial charge in [0.05, 0.1) is 13.1 Å². The van der Waals surface area contributed by atoms with E-state index in [1.807, 2.05) is 0 Å². The summed E-state index contributed by atoms with van der Waals surface area (Å²) in [5.74, 6) is 0. The first kappa shape index (κ1) is 14.6. The molecule has 0 bridgehead atoms. The minimum absolute atomic E-state index is 0.321. The average Bonchev–Trinajstić information content (AvgIpc) is 2.99. The molecule has 2 aromatic rings. The van der Waals surface area contributed by atoms with Gasteiger partial charge in [-0.15, -0.1) is 0 Å². The molecule has 2 aromatic heterocycles. The lowest BCUT2D eigenvalue weighted by Gasteiger charge is -1.98. The number of aromatic nitrogens is 8. The molecule has 0 saturated carbocycles. The Morgan fingerprint density at radius 2 is 1.24 bits per heavy atom. The number of hydrogen-bond donors (Lipinski definition) is 0. The maximum atomic E-state index is 11.8. The quantitative estimate of drug-likeness (QED) is 0.694. The number of rotatable bonds is 6. The Balaban J connectivity index is 1.99. The summed E-state index contributed by atoms with van der Waals surface area (Å²) in [4.78, 5) is 23.6. The van der Waals surface area contributed by atoms with Crippen LogP contribution in [0.5, 0.6) is 0 Å². The number of nitrogens with zero attached hydrogens (tertiary/aromatic N) is 8. The molecule has 0 aliphatic rings. The van der Waals surface area contributed by atoms with E-state index in [0.29, 0.717) is 19.5 Å². The lowest BCUT2D eigenvalue weighted by molar-refractivity contribution is 0.471. The summed E-state index contributed by atoms with van der Waals surface area (Å²) in [6.45, 7) is 4.26. The van der Waals surface area contributed by atoms with Gasteiger partial charge in [0.25, 0.3) is 0 Å². The van der Waals surface area contributed by atoms with E-state index in [9.17, 15) is 9.59 Å². The molecule has 21 heavy (non-hydrogen) atoms. The molecule has 0 amide bonds. The van der Waals surface area contributed by atoms with Crippen molar-refractivity contribution in [3.8, 4) is 0 Å². The van der Waals surface area contributed by atoms with Crippen LogP contribution >= 0.6 is 0 Å². The monoisotopic (exact) mass is 292 g/mol. The molecule has 10 nitrogen and oxygen atoms in total. The first-order valence-electron chi connectivity index (χ1n) is 6.47. The van der Waals surface area contributed by atoms with Gasteiger partial charge < -0.3 is 0 Å². The zero-order chi connectivity index (χ0) is 15.2. The van der Waals surface area contributed by atoms with Crippen molar-refractivity contribution in [3.05, 3.63) is 33.1 Å². The van der Waals surface area contributed by atoms with E-state index >= 15 is 0 Å². The van der Waals surface area contributed by atoms with Crippen LogP contribution in [0.3, 0.4) is 0 Å². The van der Waals surface area contributed by atoms with E-state index in [1.165, 1.54) is 21.8 Å². The summed E-state index contributed by atoms with van der Waals surface area (Å²) in [7, 11) is 0. The maximum absolute atomic E-state index is 11.8. The molecule has 0 spiro atoms. The Hall–Kier alpha value is -2.78. The molecule has 0 aliphatic carbocycles. The minimum Gasteiger partial charge on any atom is -0.244 e. The zero-order valence-electron chi connectivity index (χ0n) is 11.8. The maximum Gasteiger partial charge on any atom is 0.367 e. The van der Waals surface area contributed by atoms with Crippen LogP contribution in [0.25, 0.3) is 12.4 Å². The summed E-state index contributed by atoms with van der Waals surface area (Å²) in [6, 6.07) is 0. The summed E-state index contributed by atoms with van der Waals surface area (Å²) >= 11 is 0. The van der Waals surface area contributed by atoms with Gasteiger partial charge >= 0.3 is 11.4 Å². The van der Waals surface area contributed by atoms with Gasteiger partial charge in [0.1, 0.15) is 0 Å². The fourth-order valence-corrected chi connectivity index (χ4v) is 1.69. The molecule has 0 aliphatic heterocycles. The van der Waals surface area contributed by atoms with Crippen LogP contribution in [0.1, 0.15) is 20.3 Å². The number of aryl methyl sites for hydroxylation is 2. The number of allylic oxidation sites excluding steroid dienone is 2. The van der Waals surface area contributed by atoms with Crippen molar-refractivity contribution in [1.29, 1.82) is 0 Å². The average molecular weight is 292 g/mol. The Morgan fingerprint density at radius 1 is 0.810 bits per heavy atom. The lowest BCUT2D eigenvalue weighted by Crippen LogP contribution is -2.26. The van der Waals surface area contributed by atoms with Gasteiger partial charge in [0.15, 0.2) is 0 Å². The van der Waals surface area contributed by atoms with Gasteiger partial charge in [-0.1, -0.05) is 12.2 Å². The van der Waals surface area contributed by atoms with E-state index in [2.05, 4.69) is 20.9 Å². The van der Waals surface area contributed by atoms with Crippen LogP contribution in [-0.2, 0) is 13.1 Å². The van der Waals surface area contributed by atoms with Crippen molar-refractivity contribution in [3.63, 3.8) is 0 Å².